The van der Waals surface area contributed by atoms with Crippen LogP contribution in [0.15, 0.2) is 18.2 Å². The van der Waals surface area contributed by atoms with Gasteiger partial charge in [-0.3, -0.25) is 4.79 Å². The SMILES string of the molecule is O=C(c1ccc(F)c(F)c1)N1CCC2(CC1)C[C@@H](OCC1CC1)CO2. The lowest BCUT2D eigenvalue weighted by atomic mass is 9.87. The maximum Gasteiger partial charge on any atom is 0.253 e. The van der Waals surface area contributed by atoms with Gasteiger partial charge in [-0.25, -0.2) is 8.78 Å². The van der Waals surface area contributed by atoms with Crippen LogP contribution in [0, 0.1) is 17.6 Å². The number of halogens is 2. The van der Waals surface area contributed by atoms with Crippen LogP contribution in [0.4, 0.5) is 8.78 Å². The fourth-order valence-electron chi connectivity index (χ4n) is 3.74. The Bertz CT molecular complexity index is 654. The Balaban J connectivity index is 1.31. The van der Waals surface area contributed by atoms with Gasteiger partial charge in [0, 0.05) is 31.7 Å². The molecule has 3 fully saturated rings. The van der Waals surface area contributed by atoms with Gasteiger partial charge in [-0.1, -0.05) is 0 Å². The van der Waals surface area contributed by atoms with Gasteiger partial charge in [-0.2, -0.15) is 0 Å². The van der Waals surface area contributed by atoms with Crippen molar-refractivity contribution in [3.05, 3.63) is 35.4 Å². The fraction of sp³-hybridized carbons (Fsp3) is 0.632. The molecule has 0 N–H and O–H groups in total. The van der Waals surface area contributed by atoms with Gasteiger partial charge >= 0.3 is 0 Å². The van der Waals surface area contributed by atoms with E-state index in [1.165, 1.54) is 18.9 Å². The van der Waals surface area contributed by atoms with E-state index in [2.05, 4.69) is 0 Å². The van der Waals surface area contributed by atoms with Crippen molar-refractivity contribution >= 4 is 5.91 Å². The minimum absolute atomic E-state index is 0.161. The molecule has 3 aliphatic rings. The van der Waals surface area contributed by atoms with E-state index >= 15 is 0 Å². The number of amides is 1. The molecule has 4 rings (SSSR count). The summed E-state index contributed by atoms with van der Waals surface area (Å²) < 4.78 is 38.4. The normalized spacial score (nSPS) is 25.5. The predicted octanol–water partition coefficient (Wildman–Crippen LogP) is 3.16. The molecule has 1 amide bonds. The molecular weight excluding hydrogens is 328 g/mol. The minimum Gasteiger partial charge on any atom is -0.375 e. The first kappa shape index (κ1) is 16.9. The fourth-order valence-corrected chi connectivity index (χ4v) is 3.74. The number of carbonyl (C=O) groups excluding carboxylic acids is 1. The summed E-state index contributed by atoms with van der Waals surface area (Å²) in [6.45, 7) is 2.59. The molecule has 0 bridgehead atoms. The van der Waals surface area contributed by atoms with E-state index in [-0.39, 0.29) is 23.2 Å². The molecule has 4 nitrogen and oxygen atoms in total. The Hall–Kier alpha value is -1.53. The zero-order valence-electron chi connectivity index (χ0n) is 14.2. The van der Waals surface area contributed by atoms with Gasteiger partial charge in [0.2, 0.25) is 0 Å². The predicted molar refractivity (Wildman–Crippen MR) is 87.3 cm³/mol. The van der Waals surface area contributed by atoms with Gasteiger partial charge in [0.15, 0.2) is 11.6 Å². The lowest BCUT2D eigenvalue weighted by molar-refractivity contribution is -0.0410. The van der Waals surface area contributed by atoms with Gasteiger partial charge in [-0.15, -0.1) is 0 Å². The second-order valence-corrected chi connectivity index (χ2v) is 7.52. The van der Waals surface area contributed by atoms with Crippen LogP contribution in [0.2, 0.25) is 0 Å². The highest BCUT2D eigenvalue weighted by molar-refractivity contribution is 5.94. The number of piperidine rings is 1. The van der Waals surface area contributed by atoms with Gasteiger partial charge < -0.3 is 14.4 Å². The van der Waals surface area contributed by atoms with Crippen LogP contribution in [-0.4, -0.2) is 48.8 Å². The number of hydrogen-bond donors (Lipinski definition) is 0. The topological polar surface area (TPSA) is 38.8 Å². The van der Waals surface area contributed by atoms with Gasteiger partial charge in [-0.05, 0) is 49.8 Å². The minimum atomic E-state index is -0.992. The van der Waals surface area contributed by atoms with E-state index < -0.39 is 11.6 Å². The van der Waals surface area contributed by atoms with Crippen molar-refractivity contribution in [1.82, 2.24) is 4.90 Å². The molecule has 2 aliphatic heterocycles. The summed E-state index contributed by atoms with van der Waals surface area (Å²) in [4.78, 5) is 14.2. The zero-order valence-corrected chi connectivity index (χ0v) is 14.2. The van der Waals surface area contributed by atoms with Crippen LogP contribution in [0.5, 0.6) is 0 Å². The van der Waals surface area contributed by atoms with Gasteiger partial charge in [0.05, 0.1) is 18.3 Å². The van der Waals surface area contributed by atoms with E-state index in [1.807, 2.05) is 0 Å². The van der Waals surface area contributed by atoms with Crippen molar-refractivity contribution in [2.24, 2.45) is 5.92 Å². The van der Waals surface area contributed by atoms with Crippen LogP contribution >= 0.6 is 0 Å². The van der Waals surface area contributed by atoms with Crippen LogP contribution < -0.4 is 0 Å². The van der Waals surface area contributed by atoms with Crippen molar-refractivity contribution in [2.45, 2.75) is 43.8 Å². The summed E-state index contributed by atoms with van der Waals surface area (Å²) in [7, 11) is 0. The molecule has 1 spiro atoms. The molecule has 1 saturated carbocycles. The van der Waals surface area contributed by atoms with Gasteiger partial charge in [0.25, 0.3) is 5.91 Å². The largest absolute Gasteiger partial charge is 0.375 e. The molecule has 2 heterocycles. The lowest BCUT2D eigenvalue weighted by Crippen LogP contribution is -2.46. The molecule has 25 heavy (non-hydrogen) atoms. The highest BCUT2D eigenvalue weighted by Crippen LogP contribution is 2.38. The standard InChI is InChI=1S/C19H23F2NO3/c20-16-4-3-14(9-17(16)21)18(23)22-7-5-19(6-8-22)10-15(12-25-19)24-11-13-1-2-13/h3-4,9,13,15H,1-2,5-8,10-12H2/t15-/m1/s1. The molecule has 136 valence electrons. The number of carbonyl (C=O) groups is 1. The van der Waals surface area contributed by atoms with Crippen LogP contribution in [0.1, 0.15) is 42.5 Å². The average molecular weight is 351 g/mol. The van der Waals surface area contributed by atoms with Crippen molar-refractivity contribution in [3.8, 4) is 0 Å². The number of rotatable bonds is 4. The van der Waals surface area contributed by atoms with Crippen molar-refractivity contribution in [1.29, 1.82) is 0 Å². The number of nitrogens with zero attached hydrogens (tertiary/aromatic N) is 1. The maximum absolute atomic E-state index is 13.3. The smallest absolute Gasteiger partial charge is 0.253 e. The molecule has 6 heteroatoms. The Morgan fingerprint density at radius 2 is 2.00 bits per heavy atom. The number of hydrogen-bond acceptors (Lipinski definition) is 3. The maximum atomic E-state index is 13.3. The van der Waals surface area contributed by atoms with E-state index in [4.69, 9.17) is 9.47 Å². The molecule has 0 radical (unpaired) electrons. The first-order valence-corrected chi connectivity index (χ1v) is 9.05. The number of likely N-dealkylation sites (tertiary alicyclic amines) is 1. The van der Waals surface area contributed by atoms with Crippen molar-refractivity contribution < 1.29 is 23.0 Å². The summed E-state index contributed by atoms with van der Waals surface area (Å²) in [5.74, 6) is -1.44. The van der Waals surface area contributed by atoms with Crippen LogP contribution in [0.25, 0.3) is 0 Å². The Morgan fingerprint density at radius 3 is 2.68 bits per heavy atom. The highest BCUT2D eigenvalue weighted by Gasteiger charge is 2.44. The van der Waals surface area contributed by atoms with Crippen molar-refractivity contribution in [2.75, 3.05) is 26.3 Å². The highest BCUT2D eigenvalue weighted by atomic mass is 19.2. The molecule has 1 aliphatic carbocycles. The Labute approximate surface area is 146 Å². The summed E-state index contributed by atoms with van der Waals surface area (Å²) in [5.41, 5.74) is -0.00758. The second kappa shape index (κ2) is 6.65. The van der Waals surface area contributed by atoms with E-state index in [9.17, 15) is 13.6 Å². The third-order valence-corrected chi connectivity index (χ3v) is 5.57. The third-order valence-electron chi connectivity index (χ3n) is 5.57. The summed E-state index contributed by atoms with van der Waals surface area (Å²) >= 11 is 0. The summed E-state index contributed by atoms with van der Waals surface area (Å²) in [6.07, 6.45) is 5.11. The molecule has 1 atom stereocenters. The molecule has 0 aromatic heterocycles. The second-order valence-electron chi connectivity index (χ2n) is 7.52. The van der Waals surface area contributed by atoms with E-state index in [0.29, 0.717) is 19.7 Å². The first-order chi connectivity index (χ1) is 12.0. The van der Waals surface area contributed by atoms with E-state index in [1.54, 1.807) is 4.90 Å². The third kappa shape index (κ3) is 3.70. The molecule has 2 saturated heterocycles. The first-order valence-electron chi connectivity index (χ1n) is 9.05. The Morgan fingerprint density at radius 1 is 1.24 bits per heavy atom. The van der Waals surface area contributed by atoms with Gasteiger partial charge in [0.1, 0.15) is 0 Å². The molecule has 1 aromatic carbocycles. The molecule has 0 unspecified atom stereocenters. The monoisotopic (exact) mass is 351 g/mol. The number of ether oxygens (including phenoxy) is 2. The lowest BCUT2D eigenvalue weighted by Gasteiger charge is -2.38. The summed E-state index contributed by atoms with van der Waals surface area (Å²) in [5, 5.41) is 0. The van der Waals surface area contributed by atoms with Crippen molar-refractivity contribution in [3.63, 3.8) is 0 Å². The Kier molecular flexibility index (Phi) is 4.50. The average Bonchev–Trinajstić information content (AvgIpc) is 3.37. The van der Waals surface area contributed by atoms with Crippen LogP contribution in [0.3, 0.4) is 0 Å². The summed E-state index contributed by atoms with van der Waals surface area (Å²) in [6, 6.07) is 3.30. The van der Waals surface area contributed by atoms with E-state index in [0.717, 1.165) is 43.9 Å². The van der Waals surface area contributed by atoms with Crippen LogP contribution in [-0.2, 0) is 9.47 Å². The quantitative estimate of drug-likeness (QED) is 0.836. The molecule has 1 aromatic rings. The molecular formula is C19H23F2NO3. The zero-order chi connectivity index (χ0) is 17.4. The number of benzene rings is 1.